The summed E-state index contributed by atoms with van der Waals surface area (Å²) in [5.41, 5.74) is -3.62. The minimum atomic E-state index is -5.12. The van der Waals surface area contributed by atoms with Crippen LogP contribution in [0.3, 0.4) is 0 Å². The number of nitrogens with one attached hydrogen (secondary N) is 2. The van der Waals surface area contributed by atoms with Gasteiger partial charge in [-0.05, 0) is 25.1 Å². The van der Waals surface area contributed by atoms with Gasteiger partial charge in [0.05, 0.1) is 16.5 Å². The van der Waals surface area contributed by atoms with Crippen molar-refractivity contribution in [2.45, 2.75) is 23.6 Å². The number of halogens is 4. The highest BCUT2D eigenvalue weighted by Crippen LogP contribution is 2.33. The summed E-state index contributed by atoms with van der Waals surface area (Å²) >= 11 is 7.06. The van der Waals surface area contributed by atoms with Crippen LogP contribution in [-0.4, -0.2) is 41.5 Å². The number of hydrogen-bond donors (Lipinski definition) is 3. The highest BCUT2D eigenvalue weighted by Gasteiger charge is 2.55. The summed E-state index contributed by atoms with van der Waals surface area (Å²) in [4.78, 5) is 23.3. The molecule has 128 valence electrons. The van der Waals surface area contributed by atoms with Gasteiger partial charge >= 0.3 is 6.18 Å². The first-order valence-corrected chi connectivity index (χ1v) is 7.59. The maximum absolute atomic E-state index is 12.6. The standard InChI is InChI=1S/C13H14ClF3N2O3S/c1-12(22,13(15,16)17)11(21)19-9-4-3-7(5-8(9)14)23-6-10(20)18-2/h3-5,22H,6H2,1-2H3,(H,18,20)(H,19,21)/t12-/m1/s1. The Morgan fingerprint density at radius 2 is 1.96 bits per heavy atom. The van der Waals surface area contributed by atoms with Gasteiger partial charge in [0.25, 0.3) is 5.91 Å². The summed E-state index contributed by atoms with van der Waals surface area (Å²) in [7, 11) is 1.49. The molecular weight excluding hydrogens is 357 g/mol. The Bertz CT molecular complexity index is 609. The van der Waals surface area contributed by atoms with Crippen LogP contribution >= 0.6 is 23.4 Å². The van der Waals surface area contributed by atoms with Crippen LogP contribution in [0.25, 0.3) is 0 Å². The molecule has 1 atom stereocenters. The zero-order valence-corrected chi connectivity index (χ0v) is 13.7. The molecule has 2 amide bonds. The number of alkyl halides is 3. The lowest BCUT2D eigenvalue weighted by Crippen LogP contribution is -2.52. The molecule has 23 heavy (non-hydrogen) atoms. The van der Waals surface area contributed by atoms with Crippen LogP contribution in [0.4, 0.5) is 18.9 Å². The summed E-state index contributed by atoms with van der Waals surface area (Å²) in [6.07, 6.45) is -5.12. The van der Waals surface area contributed by atoms with Crippen molar-refractivity contribution >= 4 is 40.9 Å². The third-order valence-corrected chi connectivity index (χ3v) is 4.14. The average molecular weight is 371 g/mol. The largest absolute Gasteiger partial charge is 0.426 e. The van der Waals surface area contributed by atoms with E-state index in [1.54, 1.807) is 0 Å². The van der Waals surface area contributed by atoms with Crippen LogP contribution < -0.4 is 10.6 Å². The summed E-state index contributed by atoms with van der Waals surface area (Å²) in [6.45, 7) is 0.351. The molecule has 10 heteroatoms. The molecule has 0 saturated carbocycles. The second kappa shape index (κ2) is 7.41. The van der Waals surface area contributed by atoms with E-state index >= 15 is 0 Å². The third kappa shape index (κ3) is 5.02. The molecule has 0 spiro atoms. The van der Waals surface area contributed by atoms with Crippen molar-refractivity contribution < 1.29 is 27.9 Å². The molecule has 0 aliphatic heterocycles. The quantitative estimate of drug-likeness (QED) is 0.696. The van der Waals surface area contributed by atoms with Crippen molar-refractivity contribution in [2.24, 2.45) is 0 Å². The van der Waals surface area contributed by atoms with Crippen LogP contribution in [0.1, 0.15) is 6.92 Å². The fourth-order valence-electron chi connectivity index (χ4n) is 1.28. The number of carbonyl (C=O) groups excluding carboxylic acids is 2. The van der Waals surface area contributed by atoms with Gasteiger partial charge in [-0.3, -0.25) is 9.59 Å². The van der Waals surface area contributed by atoms with Crippen molar-refractivity contribution in [1.82, 2.24) is 5.32 Å². The van der Waals surface area contributed by atoms with Gasteiger partial charge in [-0.15, -0.1) is 11.8 Å². The van der Waals surface area contributed by atoms with Gasteiger partial charge in [0.15, 0.2) is 0 Å². The third-order valence-electron chi connectivity index (χ3n) is 2.83. The van der Waals surface area contributed by atoms with Gasteiger partial charge in [-0.25, -0.2) is 0 Å². The number of thioether (sulfide) groups is 1. The number of aliphatic hydroxyl groups is 1. The molecule has 1 aromatic rings. The van der Waals surface area contributed by atoms with E-state index in [0.29, 0.717) is 11.8 Å². The average Bonchev–Trinajstić information content (AvgIpc) is 2.45. The predicted molar refractivity (Wildman–Crippen MR) is 81.6 cm³/mol. The van der Waals surface area contributed by atoms with E-state index in [0.717, 1.165) is 0 Å². The highest BCUT2D eigenvalue weighted by atomic mass is 35.5. The molecule has 0 saturated heterocycles. The van der Waals surface area contributed by atoms with Crippen molar-refractivity contribution in [1.29, 1.82) is 0 Å². The monoisotopic (exact) mass is 370 g/mol. The SMILES string of the molecule is CNC(=O)CSc1ccc(NC(=O)[C@@](C)(O)C(F)(F)F)c(Cl)c1. The van der Waals surface area contributed by atoms with Gasteiger partial charge in [0.1, 0.15) is 0 Å². The van der Waals surface area contributed by atoms with Crippen LogP contribution in [0.2, 0.25) is 5.02 Å². The van der Waals surface area contributed by atoms with Crippen molar-refractivity contribution in [3.05, 3.63) is 23.2 Å². The Labute approximate surface area is 139 Å². The molecule has 0 bridgehead atoms. The molecule has 5 nitrogen and oxygen atoms in total. The lowest BCUT2D eigenvalue weighted by Gasteiger charge is -2.25. The molecule has 0 unspecified atom stereocenters. The van der Waals surface area contributed by atoms with E-state index in [-0.39, 0.29) is 22.4 Å². The van der Waals surface area contributed by atoms with Crippen molar-refractivity contribution in [3.8, 4) is 0 Å². The lowest BCUT2D eigenvalue weighted by atomic mass is 10.1. The van der Waals surface area contributed by atoms with Crippen LogP contribution in [0, 0.1) is 0 Å². The number of anilines is 1. The Hall–Kier alpha value is -1.45. The van der Waals surface area contributed by atoms with Crippen LogP contribution in [-0.2, 0) is 9.59 Å². The lowest BCUT2D eigenvalue weighted by molar-refractivity contribution is -0.242. The number of carbonyl (C=O) groups is 2. The molecule has 3 N–H and O–H groups in total. The van der Waals surface area contributed by atoms with Crippen molar-refractivity contribution in [2.75, 3.05) is 18.1 Å². The topological polar surface area (TPSA) is 78.4 Å². The maximum atomic E-state index is 12.6. The predicted octanol–water partition coefficient (Wildman–Crippen LogP) is 2.43. The van der Waals surface area contributed by atoms with Crippen LogP contribution in [0.15, 0.2) is 23.1 Å². The number of benzene rings is 1. The van der Waals surface area contributed by atoms with E-state index in [1.807, 2.05) is 5.32 Å². The minimum Gasteiger partial charge on any atom is -0.373 e. The smallest absolute Gasteiger partial charge is 0.373 e. The van der Waals surface area contributed by atoms with E-state index in [4.69, 9.17) is 11.6 Å². The fraction of sp³-hybridized carbons (Fsp3) is 0.385. The van der Waals surface area contributed by atoms with Gasteiger partial charge in [-0.1, -0.05) is 11.6 Å². The van der Waals surface area contributed by atoms with E-state index in [9.17, 15) is 27.9 Å². The molecule has 0 radical (unpaired) electrons. The van der Waals surface area contributed by atoms with E-state index in [1.165, 1.54) is 37.0 Å². The minimum absolute atomic E-state index is 0.0155. The molecule has 0 heterocycles. The van der Waals surface area contributed by atoms with Gasteiger partial charge in [0, 0.05) is 11.9 Å². The maximum Gasteiger partial charge on any atom is 0.426 e. The first-order chi connectivity index (χ1) is 10.5. The Morgan fingerprint density at radius 1 is 1.35 bits per heavy atom. The van der Waals surface area contributed by atoms with Gasteiger partial charge < -0.3 is 15.7 Å². The zero-order valence-electron chi connectivity index (χ0n) is 12.1. The van der Waals surface area contributed by atoms with E-state index in [2.05, 4.69) is 5.32 Å². The Kier molecular flexibility index (Phi) is 6.32. The first kappa shape index (κ1) is 19.6. The first-order valence-electron chi connectivity index (χ1n) is 6.22. The summed E-state index contributed by atoms with van der Waals surface area (Å²) in [5, 5.41) is 13.6. The molecule has 1 rings (SSSR count). The van der Waals surface area contributed by atoms with Crippen LogP contribution in [0.5, 0.6) is 0 Å². The second-order valence-electron chi connectivity index (χ2n) is 4.63. The van der Waals surface area contributed by atoms with Crippen molar-refractivity contribution in [3.63, 3.8) is 0 Å². The number of hydrogen-bond acceptors (Lipinski definition) is 4. The molecule has 0 fully saturated rings. The molecular formula is C13H14ClF3N2O3S. The Balaban J connectivity index is 2.83. The molecule has 1 aromatic carbocycles. The molecule has 0 aliphatic carbocycles. The summed E-state index contributed by atoms with van der Waals surface area (Å²) in [5.74, 6) is -1.70. The number of rotatable bonds is 5. The highest BCUT2D eigenvalue weighted by molar-refractivity contribution is 8.00. The second-order valence-corrected chi connectivity index (χ2v) is 6.08. The summed E-state index contributed by atoms with van der Waals surface area (Å²) in [6, 6.07) is 4.17. The molecule has 0 aromatic heterocycles. The van der Waals surface area contributed by atoms with E-state index < -0.39 is 17.7 Å². The summed E-state index contributed by atoms with van der Waals surface area (Å²) < 4.78 is 37.7. The fourth-order valence-corrected chi connectivity index (χ4v) is 2.38. The van der Waals surface area contributed by atoms with Gasteiger partial charge in [-0.2, -0.15) is 13.2 Å². The normalized spacial score (nSPS) is 14.0. The zero-order chi connectivity index (χ0) is 17.8. The molecule has 0 aliphatic rings. The number of amides is 2. The Morgan fingerprint density at radius 3 is 2.43 bits per heavy atom. The van der Waals surface area contributed by atoms with Gasteiger partial charge in [0.2, 0.25) is 11.5 Å².